The molecule has 0 saturated carbocycles. The van der Waals surface area contributed by atoms with E-state index in [0.717, 1.165) is 11.3 Å². The molecule has 3 aromatic rings. The molecule has 1 aliphatic heterocycles. The molecule has 0 bridgehead atoms. The Morgan fingerprint density at radius 1 is 1.06 bits per heavy atom. The maximum Gasteiger partial charge on any atom is 0.286 e. The van der Waals surface area contributed by atoms with Crippen LogP contribution in [0.3, 0.4) is 0 Å². The van der Waals surface area contributed by atoms with Crippen LogP contribution in [0.15, 0.2) is 54.6 Å². The minimum Gasteiger partial charge on any atom is -0.352 e. The first-order chi connectivity index (χ1) is 16.0. The monoisotopic (exact) mass is 467 g/mol. The number of rotatable bonds is 6. The molecule has 2 N–H and O–H groups in total. The van der Waals surface area contributed by atoms with Gasteiger partial charge in [0.1, 0.15) is 5.82 Å². The van der Waals surface area contributed by atoms with Crippen molar-refractivity contribution in [3.05, 3.63) is 76.0 Å². The van der Waals surface area contributed by atoms with Crippen LogP contribution in [0.2, 0.25) is 0 Å². The van der Waals surface area contributed by atoms with Gasteiger partial charge in [0, 0.05) is 25.3 Å². The number of hydrogen-bond acceptors (Lipinski definition) is 6. The first-order valence-electron chi connectivity index (χ1n) is 10.5. The molecule has 1 aromatic heterocycles. The highest BCUT2D eigenvalue weighted by atomic mass is 32.1. The van der Waals surface area contributed by atoms with Gasteiger partial charge in [-0.15, -0.1) is 10.2 Å². The number of halogens is 1. The Kier molecular flexibility index (Phi) is 7.04. The Balaban J connectivity index is 1.33. The summed E-state index contributed by atoms with van der Waals surface area (Å²) in [5.74, 6) is -1.70. The summed E-state index contributed by atoms with van der Waals surface area (Å²) in [7, 11) is 0. The number of hydrogen-bond donors (Lipinski definition) is 2. The van der Waals surface area contributed by atoms with Crippen molar-refractivity contribution < 1.29 is 18.8 Å². The zero-order valence-corrected chi connectivity index (χ0v) is 18.5. The predicted molar refractivity (Wildman–Crippen MR) is 121 cm³/mol. The quantitative estimate of drug-likeness (QED) is 0.580. The van der Waals surface area contributed by atoms with Gasteiger partial charge < -0.3 is 15.5 Å². The zero-order valence-electron chi connectivity index (χ0n) is 17.7. The number of carbonyl (C=O) groups is 3. The smallest absolute Gasteiger partial charge is 0.286 e. The molecule has 0 aliphatic carbocycles. The van der Waals surface area contributed by atoms with Gasteiger partial charge in [-0.25, -0.2) is 4.39 Å². The van der Waals surface area contributed by atoms with Crippen molar-refractivity contribution in [2.75, 3.05) is 18.4 Å². The average molecular weight is 468 g/mol. The van der Waals surface area contributed by atoms with Crippen LogP contribution >= 0.6 is 11.3 Å². The molecule has 1 saturated heterocycles. The van der Waals surface area contributed by atoms with E-state index >= 15 is 0 Å². The van der Waals surface area contributed by atoms with Crippen LogP contribution in [0.5, 0.6) is 0 Å². The van der Waals surface area contributed by atoms with E-state index in [1.807, 2.05) is 6.07 Å². The number of piperidine rings is 1. The van der Waals surface area contributed by atoms with Crippen molar-refractivity contribution >= 4 is 34.7 Å². The number of carbonyl (C=O) groups excluding carboxylic acids is 3. The molecule has 10 heteroatoms. The number of anilines is 1. The minimum absolute atomic E-state index is 0.0867. The van der Waals surface area contributed by atoms with Gasteiger partial charge in [-0.3, -0.25) is 14.4 Å². The summed E-state index contributed by atoms with van der Waals surface area (Å²) in [5.41, 5.74) is 1.29. The molecule has 8 nitrogen and oxygen atoms in total. The van der Waals surface area contributed by atoms with Crippen LogP contribution in [0, 0.1) is 11.7 Å². The summed E-state index contributed by atoms with van der Waals surface area (Å²) >= 11 is 0.919. The van der Waals surface area contributed by atoms with E-state index in [-0.39, 0.29) is 46.7 Å². The molecule has 2 heterocycles. The highest BCUT2D eigenvalue weighted by Crippen LogP contribution is 2.21. The lowest BCUT2D eigenvalue weighted by Crippen LogP contribution is -2.45. The van der Waals surface area contributed by atoms with Crippen molar-refractivity contribution in [2.24, 2.45) is 5.92 Å². The highest BCUT2D eigenvalue weighted by Gasteiger charge is 2.30. The van der Waals surface area contributed by atoms with Crippen LogP contribution in [0.25, 0.3) is 0 Å². The third kappa shape index (κ3) is 5.78. The molecule has 0 spiro atoms. The maximum absolute atomic E-state index is 13.3. The molecular formula is C23H22FN5O3S. The first-order valence-corrected chi connectivity index (χ1v) is 11.3. The highest BCUT2D eigenvalue weighted by molar-refractivity contribution is 7.15. The molecule has 33 heavy (non-hydrogen) atoms. The lowest BCUT2D eigenvalue weighted by Gasteiger charge is -2.31. The molecule has 1 aliphatic rings. The second-order valence-corrected chi connectivity index (χ2v) is 8.65. The fourth-order valence-electron chi connectivity index (χ4n) is 3.60. The van der Waals surface area contributed by atoms with Gasteiger partial charge in [0.15, 0.2) is 0 Å². The third-order valence-corrected chi connectivity index (χ3v) is 6.18. The maximum atomic E-state index is 13.3. The second-order valence-electron chi connectivity index (χ2n) is 7.67. The number of nitrogens with zero attached hydrogens (tertiary/aromatic N) is 3. The number of para-hydroxylation sites is 1. The van der Waals surface area contributed by atoms with E-state index in [1.165, 1.54) is 12.1 Å². The SMILES string of the molecule is O=C(Nc1ccccc1)c1nnc(C(=O)N2CCCC(C(=O)NCc3cccc(F)c3)C2)s1. The van der Waals surface area contributed by atoms with E-state index in [0.29, 0.717) is 30.6 Å². The Hall–Kier alpha value is -3.66. The average Bonchev–Trinajstić information content (AvgIpc) is 3.33. The largest absolute Gasteiger partial charge is 0.352 e. The van der Waals surface area contributed by atoms with Gasteiger partial charge in [0.05, 0.1) is 5.92 Å². The van der Waals surface area contributed by atoms with E-state index < -0.39 is 5.91 Å². The van der Waals surface area contributed by atoms with Crippen molar-refractivity contribution in [1.82, 2.24) is 20.4 Å². The fourth-order valence-corrected chi connectivity index (χ4v) is 4.31. The normalized spacial score (nSPS) is 15.7. The standard InChI is InChI=1S/C23H22FN5O3S/c24-17-8-4-6-15(12-17)13-25-19(30)16-7-5-11-29(14-16)23(32)22-28-27-21(33-22)20(31)26-18-9-2-1-3-10-18/h1-4,6,8-10,12,16H,5,7,11,13-14H2,(H,25,30)(H,26,31). The van der Waals surface area contributed by atoms with Gasteiger partial charge in [-0.2, -0.15) is 0 Å². The summed E-state index contributed by atoms with van der Waals surface area (Å²) in [6.45, 7) is 0.966. The number of likely N-dealkylation sites (tertiary alicyclic amines) is 1. The van der Waals surface area contributed by atoms with Gasteiger partial charge in [0.2, 0.25) is 15.9 Å². The number of aromatic nitrogens is 2. The lowest BCUT2D eigenvalue weighted by atomic mass is 9.97. The molecule has 1 atom stereocenters. The van der Waals surface area contributed by atoms with Crippen molar-refractivity contribution in [3.63, 3.8) is 0 Å². The Morgan fingerprint density at radius 3 is 2.64 bits per heavy atom. The molecule has 1 unspecified atom stereocenters. The van der Waals surface area contributed by atoms with E-state index in [1.54, 1.807) is 41.3 Å². The van der Waals surface area contributed by atoms with Crippen LogP contribution in [0.1, 0.15) is 38.0 Å². The topological polar surface area (TPSA) is 104 Å². The van der Waals surface area contributed by atoms with Crippen LogP contribution < -0.4 is 10.6 Å². The van der Waals surface area contributed by atoms with Crippen LogP contribution in [-0.2, 0) is 11.3 Å². The predicted octanol–water partition coefficient (Wildman–Crippen LogP) is 3.10. The summed E-state index contributed by atoms with van der Waals surface area (Å²) < 4.78 is 13.3. The first kappa shape index (κ1) is 22.5. The van der Waals surface area contributed by atoms with E-state index in [2.05, 4.69) is 20.8 Å². The number of benzene rings is 2. The molecule has 2 aromatic carbocycles. The molecule has 170 valence electrons. The summed E-state index contributed by atoms with van der Waals surface area (Å²) in [6, 6.07) is 15.0. The molecule has 0 radical (unpaired) electrons. The van der Waals surface area contributed by atoms with Crippen molar-refractivity contribution in [1.29, 1.82) is 0 Å². The Morgan fingerprint density at radius 2 is 1.85 bits per heavy atom. The molecule has 4 rings (SSSR count). The molecule has 1 fully saturated rings. The minimum atomic E-state index is -0.439. The van der Waals surface area contributed by atoms with Gasteiger partial charge in [0.25, 0.3) is 11.8 Å². The second kappa shape index (κ2) is 10.3. The van der Waals surface area contributed by atoms with Crippen molar-refractivity contribution in [3.8, 4) is 0 Å². The number of amides is 3. The third-order valence-electron chi connectivity index (χ3n) is 5.27. The van der Waals surface area contributed by atoms with Gasteiger partial charge >= 0.3 is 0 Å². The summed E-state index contributed by atoms with van der Waals surface area (Å²) in [4.78, 5) is 39.5. The Labute approximate surface area is 193 Å². The van der Waals surface area contributed by atoms with Crippen molar-refractivity contribution in [2.45, 2.75) is 19.4 Å². The van der Waals surface area contributed by atoms with Crippen LogP contribution in [-0.4, -0.2) is 45.9 Å². The summed E-state index contributed by atoms with van der Waals surface area (Å²) in [5, 5.41) is 13.5. The van der Waals surface area contributed by atoms with Gasteiger partial charge in [-0.05, 0) is 42.7 Å². The summed E-state index contributed by atoms with van der Waals surface area (Å²) in [6.07, 6.45) is 1.32. The number of nitrogens with one attached hydrogen (secondary N) is 2. The van der Waals surface area contributed by atoms with Gasteiger partial charge in [-0.1, -0.05) is 41.7 Å². The van der Waals surface area contributed by atoms with Crippen LogP contribution in [0.4, 0.5) is 10.1 Å². The fraction of sp³-hybridized carbons (Fsp3) is 0.261. The van der Waals surface area contributed by atoms with E-state index in [9.17, 15) is 18.8 Å². The van der Waals surface area contributed by atoms with E-state index in [4.69, 9.17) is 0 Å². The molecule has 3 amide bonds. The zero-order chi connectivity index (χ0) is 23.2. The Bertz CT molecular complexity index is 1150. The lowest BCUT2D eigenvalue weighted by molar-refractivity contribution is -0.126. The molecular weight excluding hydrogens is 445 g/mol.